The maximum atomic E-state index is 14.3. The maximum Gasteiger partial charge on any atom is 0.308 e. The number of hydrogen-bond acceptors (Lipinski definition) is 7. The van der Waals surface area contributed by atoms with Crippen LogP contribution in [0.1, 0.15) is 78.6 Å². The Morgan fingerprint density at radius 1 is 0.917 bits per heavy atom. The summed E-state index contributed by atoms with van der Waals surface area (Å²) in [4.78, 5) is 24.2. The molecule has 8 unspecified atom stereocenters. The van der Waals surface area contributed by atoms with Gasteiger partial charge < -0.3 is 25.5 Å². The first-order chi connectivity index (χ1) is 16.6. The molecule has 0 aromatic carbocycles. The van der Waals surface area contributed by atoms with Crippen molar-refractivity contribution in [1.29, 1.82) is 0 Å². The van der Waals surface area contributed by atoms with Crippen molar-refractivity contribution in [1.82, 2.24) is 4.31 Å². The molecule has 0 amide bonds. The van der Waals surface area contributed by atoms with E-state index < -0.39 is 86.2 Å². The molecule has 0 saturated heterocycles. The summed E-state index contributed by atoms with van der Waals surface area (Å²) >= 11 is 0. The number of carboxylic acid groups (broad SMARTS) is 2. The molecule has 4 aliphatic rings. The van der Waals surface area contributed by atoms with Gasteiger partial charge in [-0.2, -0.15) is 4.31 Å². The monoisotopic (exact) mass is 531 g/mol. The predicted molar refractivity (Wildman–Crippen MR) is 129 cm³/mol. The van der Waals surface area contributed by atoms with Crippen molar-refractivity contribution >= 4 is 22.0 Å². The second kappa shape index (κ2) is 9.18. The van der Waals surface area contributed by atoms with Gasteiger partial charge in [-0.15, -0.1) is 0 Å². The van der Waals surface area contributed by atoms with Gasteiger partial charge in [-0.1, -0.05) is 40.0 Å². The number of fused-ring (bicyclic) bond motifs is 2. The van der Waals surface area contributed by atoms with E-state index in [4.69, 9.17) is 0 Å². The summed E-state index contributed by atoms with van der Waals surface area (Å²) in [7, 11) is -4.19. The standard InChI is InChI=1S/C25H41NO9S/c1-14-16(21(29)30)9-10-17(18(14)22(31)32)26(15-7-5-4-6-8-15)36(34,35)13-24-11-12-25(33,23(24,2)3)20(28)19(24)27/h14-20,27-28,33H,4-13H2,1-3H3,(H,29,30)(H,31,32). The normalized spacial score (nSPS) is 43.1. The van der Waals surface area contributed by atoms with Crippen LogP contribution in [0.2, 0.25) is 0 Å². The van der Waals surface area contributed by atoms with Crippen molar-refractivity contribution < 1.29 is 43.5 Å². The van der Waals surface area contributed by atoms with Gasteiger partial charge in [0.15, 0.2) is 0 Å². The fourth-order valence-electron chi connectivity index (χ4n) is 8.26. The zero-order chi connectivity index (χ0) is 26.8. The molecule has 2 bridgehead atoms. The van der Waals surface area contributed by atoms with Crippen LogP contribution in [0.25, 0.3) is 0 Å². The molecule has 36 heavy (non-hydrogen) atoms. The predicted octanol–water partition coefficient (Wildman–Crippen LogP) is 1.42. The minimum absolute atomic E-state index is 0.125. The molecule has 10 nitrogen and oxygen atoms in total. The van der Waals surface area contributed by atoms with Crippen LogP contribution < -0.4 is 0 Å². The highest BCUT2D eigenvalue weighted by Gasteiger charge is 2.76. The number of rotatable bonds is 7. The van der Waals surface area contributed by atoms with Crippen LogP contribution in [0.3, 0.4) is 0 Å². The average Bonchev–Trinajstić information content (AvgIpc) is 3.04. The second-order valence-corrected chi connectivity index (χ2v) is 14.2. The molecular formula is C25H41NO9S. The van der Waals surface area contributed by atoms with Crippen molar-refractivity contribution in [3.8, 4) is 0 Å². The molecule has 4 rings (SSSR count). The smallest absolute Gasteiger partial charge is 0.308 e. The van der Waals surface area contributed by atoms with Crippen molar-refractivity contribution in [2.24, 2.45) is 28.6 Å². The van der Waals surface area contributed by atoms with Gasteiger partial charge >= 0.3 is 11.9 Å². The van der Waals surface area contributed by atoms with E-state index in [1.54, 1.807) is 20.8 Å². The van der Waals surface area contributed by atoms with E-state index in [-0.39, 0.29) is 25.7 Å². The first-order valence-electron chi connectivity index (χ1n) is 13.2. The number of carbonyl (C=O) groups is 2. The molecule has 4 saturated carbocycles. The van der Waals surface area contributed by atoms with E-state index in [0.29, 0.717) is 12.8 Å². The van der Waals surface area contributed by atoms with Crippen LogP contribution in [0.5, 0.6) is 0 Å². The van der Waals surface area contributed by atoms with Crippen LogP contribution in [-0.4, -0.2) is 85.8 Å². The maximum absolute atomic E-state index is 14.3. The summed E-state index contributed by atoms with van der Waals surface area (Å²) in [5.41, 5.74) is -4.00. The molecule has 0 aliphatic heterocycles. The zero-order valence-corrected chi connectivity index (χ0v) is 22.2. The molecule has 0 heterocycles. The average molecular weight is 532 g/mol. The summed E-state index contributed by atoms with van der Waals surface area (Å²) in [6.45, 7) is 4.94. The third-order valence-corrected chi connectivity index (χ3v) is 12.7. The van der Waals surface area contributed by atoms with Crippen LogP contribution in [0.4, 0.5) is 0 Å². The number of aliphatic carboxylic acids is 2. The molecule has 0 radical (unpaired) electrons. The Morgan fingerprint density at radius 3 is 2.03 bits per heavy atom. The lowest BCUT2D eigenvalue weighted by atomic mass is 9.69. The second-order valence-electron chi connectivity index (χ2n) is 12.3. The summed E-state index contributed by atoms with van der Waals surface area (Å²) in [5, 5.41) is 52.7. The number of aliphatic hydroxyl groups excluding tert-OH is 2. The summed E-state index contributed by atoms with van der Waals surface area (Å²) in [6, 6.07) is -1.31. The van der Waals surface area contributed by atoms with Crippen LogP contribution in [-0.2, 0) is 19.6 Å². The van der Waals surface area contributed by atoms with E-state index >= 15 is 0 Å². The topological polar surface area (TPSA) is 173 Å². The zero-order valence-electron chi connectivity index (χ0n) is 21.3. The fourth-order valence-corrected chi connectivity index (χ4v) is 11.1. The first-order valence-corrected chi connectivity index (χ1v) is 14.8. The number of sulfonamides is 1. The number of nitrogens with zero attached hydrogens (tertiary/aromatic N) is 1. The van der Waals surface area contributed by atoms with E-state index in [2.05, 4.69) is 0 Å². The lowest BCUT2D eigenvalue weighted by Crippen LogP contribution is -2.59. The molecule has 5 N–H and O–H groups in total. The Balaban J connectivity index is 1.76. The van der Waals surface area contributed by atoms with E-state index in [1.165, 1.54) is 4.31 Å². The largest absolute Gasteiger partial charge is 0.481 e. The quantitative estimate of drug-likeness (QED) is 0.326. The lowest BCUT2D eigenvalue weighted by Gasteiger charge is -2.48. The Bertz CT molecular complexity index is 993. The van der Waals surface area contributed by atoms with Gasteiger partial charge in [0.05, 0.1) is 29.3 Å². The lowest BCUT2D eigenvalue weighted by molar-refractivity contribution is -0.154. The van der Waals surface area contributed by atoms with Gasteiger partial charge in [-0.25, -0.2) is 8.42 Å². The third-order valence-electron chi connectivity index (χ3n) is 10.6. The van der Waals surface area contributed by atoms with E-state index in [9.17, 15) is 43.5 Å². The highest BCUT2D eigenvalue weighted by Crippen LogP contribution is 2.68. The molecular weight excluding hydrogens is 490 g/mol. The molecule has 4 aliphatic carbocycles. The van der Waals surface area contributed by atoms with Crippen LogP contribution in [0, 0.1) is 28.6 Å². The van der Waals surface area contributed by atoms with Crippen molar-refractivity contribution in [2.75, 3.05) is 5.75 Å². The van der Waals surface area contributed by atoms with E-state index in [1.807, 2.05) is 0 Å². The molecule has 0 aromatic rings. The number of carboxylic acids is 2. The molecule has 4 fully saturated rings. The molecule has 0 spiro atoms. The first kappa shape index (κ1) is 27.8. The van der Waals surface area contributed by atoms with Crippen LogP contribution >= 0.6 is 0 Å². The minimum Gasteiger partial charge on any atom is -0.481 e. The van der Waals surface area contributed by atoms with Crippen molar-refractivity contribution in [3.05, 3.63) is 0 Å². The Morgan fingerprint density at radius 2 is 1.53 bits per heavy atom. The van der Waals surface area contributed by atoms with Gasteiger partial charge in [-0.3, -0.25) is 9.59 Å². The Kier molecular flexibility index (Phi) is 7.08. The summed E-state index contributed by atoms with van der Waals surface area (Å²) in [5.74, 6) is -5.60. The molecule has 0 aromatic heterocycles. The molecule has 11 heteroatoms. The van der Waals surface area contributed by atoms with Gasteiger partial charge in [0.2, 0.25) is 10.0 Å². The Hall–Kier alpha value is -1.27. The highest BCUT2D eigenvalue weighted by molar-refractivity contribution is 7.89. The van der Waals surface area contributed by atoms with Crippen molar-refractivity contribution in [2.45, 2.75) is 108 Å². The van der Waals surface area contributed by atoms with Gasteiger partial charge in [0, 0.05) is 22.9 Å². The van der Waals surface area contributed by atoms with Crippen LogP contribution in [0.15, 0.2) is 0 Å². The molecule has 206 valence electrons. The van der Waals surface area contributed by atoms with E-state index in [0.717, 1.165) is 19.3 Å². The Labute approximate surface area is 212 Å². The van der Waals surface area contributed by atoms with Gasteiger partial charge in [0.1, 0.15) is 6.10 Å². The third kappa shape index (κ3) is 3.83. The van der Waals surface area contributed by atoms with Crippen molar-refractivity contribution in [3.63, 3.8) is 0 Å². The summed E-state index contributed by atoms with van der Waals surface area (Å²) < 4.78 is 30.0. The fraction of sp³-hybridized carbons (Fsp3) is 0.920. The summed E-state index contributed by atoms with van der Waals surface area (Å²) in [6.07, 6.45) is 1.54. The van der Waals surface area contributed by atoms with Gasteiger partial charge in [-0.05, 0) is 44.4 Å². The SMILES string of the molecule is CC1C(C(=O)O)CCC(N(C2CCCCC2)S(=O)(=O)CC23CCC(O)(C(O)C2O)C3(C)C)C1C(=O)O. The van der Waals surface area contributed by atoms with Gasteiger partial charge in [0.25, 0.3) is 0 Å². The number of aliphatic hydroxyl groups is 3. The number of hydrogen-bond donors (Lipinski definition) is 5. The molecule has 8 atom stereocenters. The highest BCUT2D eigenvalue weighted by atomic mass is 32.2. The minimum atomic E-state index is -4.19.